The summed E-state index contributed by atoms with van der Waals surface area (Å²) in [6.45, 7) is 11.1. The highest BCUT2D eigenvalue weighted by Gasteiger charge is 2.17. The van der Waals surface area contributed by atoms with E-state index in [2.05, 4.69) is 86.0 Å². The molecule has 0 radical (unpaired) electrons. The van der Waals surface area contributed by atoms with E-state index in [-0.39, 0.29) is 0 Å². The molecule has 0 saturated carbocycles. The molecule has 0 fully saturated rings. The summed E-state index contributed by atoms with van der Waals surface area (Å²) in [5.41, 5.74) is 11.0. The third-order valence-corrected chi connectivity index (χ3v) is 7.65. The highest BCUT2D eigenvalue weighted by molar-refractivity contribution is 5.57. The number of rotatable bonds is 10. The quantitative estimate of drug-likeness (QED) is 0.263. The molecule has 5 aromatic rings. The lowest BCUT2D eigenvalue weighted by molar-refractivity contribution is 0.680. The molecule has 0 amide bonds. The van der Waals surface area contributed by atoms with E-state index >= 15 is 0 Å². The van der Waals surface area contributed by atoms with E-state index in [4.69, 9.17) is 20.4 Å². The molecule has 4 heterocycles. The lowest BCUT2D eigenvalue weighted by Crippen LogP contribution is -2.24. The van der Waals surface area contributed by atoms with Crippen molar-refractivity contribution in [2.45, 2.75) is 53.9 Å². The normalized spacial score (nSPS) is 11.4. The maximum atomic E-state index is 4.72. The molecule has 0 aliphatic carbocycles. The van der Waals surface area contributed by atoms with Gasteiger partial charge in [-0.1, -0.05) is 0 Å². The molecular formula is C30H40N10. The summed E-state index contributed by atoms with van der Waals surface area (Å²) in [5, 5.41) is 18.9. The summed E-state index contributed by atoms with van der Waals surface area (Å²) >= 11 is 0. The van der Waals surface area contributed by atoms with Crippen molar-refractivity contribution in [3.63, 3.8) is 0 Å². The van der Waals surface area contributed by atoms with Gasteiger partial charge in [-0.15, -0.1) is 0 Å². The average Bonchev–Trinajstić information content (AvgIpc) is 3.60. The lowest BCUT2D eigenvalue weighted by atomic mass is 10.2. The van der Waals surface area contributed by atoms with Gasteiger partial charge in [0, 0.05) is 62.3 Å². The maximum absolute atomic E-state index is 4.72. The van der Waals surface area contributed by atoms with E-state index < -0.39 is 0 Å². The van der Waals surface area contributed by atoms with Crippen LogP contribution in [0.5, 0.6) is 0 Å². The second-order valence-electron chi connectivity index (χ2n) is 10.8. The van der Waals surface area contributed by atoms with Crippen molar-refractivity contribution < 1.29 is 0 Å². The molecule has 40 heavy (non-hydrogen) atoms. The van der Waals surface area contributed by atoms with Crippen LogP contribution in [-0.2, 0) is 54.4 Å². The molecule has 0 N–H and O–H groups in total. The number of nitrogens with zero attached hydrogens (tertiary/aromatic N) is 10. The summed E-state index contributed by atoms with van der Waals surface area (Å²) < 4.78 is 7.71. The van der Waals surface area contributed by atoms with Gasteiger partial charge in [-0.25, -0.2) is 0 Å². The number of hydrogen-bond donors (Lipinski definition) is 0. The molecule has 0 unspecified atom stereocenters. The Hall–Kier alpha value is -4.34. The summed E-state index contributed by atoms with van der Waals surface area (Å²) in [4.78, 5) is 4.67. The molecule has 210 valence electrons. The topological polar surface area (TPSA) is 77.8 Å². The monoisotopic (exact) mass is 540 g/mol. The molecule has 0 aliphatic rings. The van der Waals surface area contributed by atoms with Crippen LogP contribution in [0.4, 0.5) is 11.4 Å². The van der Waals surface area contributed by atoms with Crippen LogP contribution in [0.1, 0.15) is 45.6 Å². The van der Waals surface area contributed by atoms with Gasteiger partial charge in [0.25, 0.3) is 0 Å². The molecule has 1 aromatic carbocycles. The Morgan fingerprint density at radius 2 is 0.675 bits per heavy atom. The van der Waals surface area contributed by atoms with Crippen LogP contribution in [-0.4, -0.2) is 39.1 Å². The molecule has 0 saturated heterocycles. The molecule has 10 nitrogen and oxygen atoms in total. The second kappa shape index (κ2) is 11.0. The molecular weight excluding hydrogens is 500 g/mol. The molecule has 5 rings (SSSR count). The van der Waals surface area contributed by atoms with Crippen molar-refractivity contribution in [2.24, 2.45) is 28.2 Å². The minimum Gasteiger partial charge on any atom is -0.360 e. The Morgan fingerprint density at radius 1 is 0.450 bits per heavy atom. The van der Waals surface area contributed by atoms with Crippen LogP contribution in [0, 0.1) is 27.7 Å². The zero-order chi connectivity index (χ0) is 28.6. The van der Waals surface area contributed by atoms with Gasteiger partial charge in [-0.2, -0.15) is 20.4 Å². The number of benzene rings is 1. The Morgan fingerprint density at radius 3 is 0.850 bits per heavy atom. The van der Waals surface area contributed by atoms with Crippen molar-refractivity contribution in [1.82, 2.24) is 39.1 Å². The van der Waals surface area contributed by atoms with Gasteiger partial charge >= 0.3 is 0 Å². The number of anilines is 2. The Balaban J connectivity index is 1.44. The summed E-state index contributed by atoms with van der Waals surface area (Å²) in [6.07, 6.45) is 0. The Labute approximate surface area is 236 Å². The van der Waals surface area contributed by atoms with Gasteiger partial charge in [0.1, 0.15) is 0 Å². The largest absolute Gasteiger partial charge is 0.360 e. The van der Waals surface area contributed by atoms with Crippen LogP contribution in [0.25, 0.3) is 0 Å². The van der Waals surface area contributed by atoms with E-state index in [1.165, 1.54) is 0 Å². The van der Waals surface area contributed by atoms with Crippen molar-refractivity contribution in [3.8, 4) is 0 Å². The number of hydrogen-bond acceptors (Lipinski definition) is 6. The molecule has 0 aliphatic heterocycles. The zero-order valence-corrected chi connectivity index (χ0v) is 24.9. The van der Waals surface area contributed by atoms with Gasteiger partial charge in [0.15, 0.2) is 0 Å². The van der Waals surface area contributed by atoms with Gasteiger partial charge in [-0.05, 0) is 76.2 Å². The lowest BCUT2D eigenvalue weighted by Gasteiger charge is -2.26. The van der Waals surface area contributed by atoms with Gasteiger partial charge in [0.05, 0.1) is 49.0 Å². The van der Waals surface area contributed by atoms with Crippen LogP contribution < -0.4 is 9.80 Å². The smallest absolute Gasteiger partial charge is 0.0820 e. The fourth-order valence-corrected chi connectivity index (χ4v) is 4.98. The van der Waals surface area contributed by atoms with Crippen molar-refractivity contribution in [2.75, 3.05) is 9.80 Å². The van der Waals surface area contributed by atoms with E-state index in [9.17, 15) is 0 Å². The maximum Gasteiger partial charge on any atom is 0.0820 e. The number of aryl methyl sites for hydroxylation is 8. The molecule has 0 bridgehead atoms. The highest BCUT2D eigenvalue weighted by Crippen LogP contribution is 2.26. The first-order chi connectivity index (χ1) is 19.0. The SMILES string of the molecule is Cc1cc(CN(Cc2cc(C)n(C)n2)c2ccc(N(Cc3cc(C)n(C)n3)Cc3cc(C)n(C)n3)cc2)nn1C. The Bertz CT molecular complexity index is 1300. The summed E-state index contributed by atoms with van der Waals surface area (Å²) in [7, 11) is 7.95. The first-order valence-corrected chi connectivity index (χ1v) is 13.6. The first kappa shape index (κ1) is 27.2. The summed E-state index contributed by atoms with van der Waals surface area (Å²) in [6, 6.07) is 17.4. The third kappa shape index (κ3) is 5.95. The molecule has 10 heteroatoms. The van der Waals surface area contributed by atoms with Crippen molar-refractivity contribution in [1.29, 1.82) is 0 Å². The molecule has 4 aromatic heterocycles. The number of aromatic nitrogens is 8. The van der Waals surface area contributed by atoms with E-state index in [1.807, 2.05) is 46.9 Å². The minimum atomic E-state index is 0.695. The highest BCUT2D eigenvalue weighted by atomic mass is 15.3. The van der Waals surface area contributed by atoms with Gasteiger partial charge in [-0.3, -0.25) is 18.7 Å². The van der Waals surface area contributed by atoms with Crippen LogP contribution >= 0.6 is 0 Å². The fraction of sp³-hybridized carbons (Fsp3) is 0.400. The van der Waals surface area contributed by atoms with Crippen molar-refractivity contribution >= 4 is 11.4 Å². The van der Waals surface area contributed by atoms with E-state index in [1.54, 1.807) is 0 Å². The third-order valence-electron chi connectivity index (χ3n) is 7.65. The second-order valence-corrected chi connectivity index (χ2v) is 10.8. The van der Waals surface area contributed by atoms with Crippen LogP contribution in [0.15, 0.2) is 48.5 Å². The molecule has 0 spiro atoms. The van der Waals surface area contributed by atoms with Crippen LogP contribution in [0.2, 0.25) is 0 Å². The standard InChI is InChI=1S/C30H40N10/c1-21-13-25(31-35(21)5)17-39(18-26-14-22(2)36(6)32-26)29-9-11-30(12-10-29)40(19-27-15-23(3)37(7)33-27)20-28-16-24(4)38(8)34-28/h9-16H,17-20H2,1-8H3. The fourth-order valence-electron chi connectivity index (χ4n) is 4.98. The predicted octanol–water partition coefficient (Wildman–Crippen LogP) is 4.27. The van der Waals surface area contributed by atoms with E-state index in [0.29, 0.717) is 26.2 Å². The van der Waals surface area contributed by atoms with E-state index in [0.717, 1.165) is 56.9 Å². The minimum absolute atomic E-state index is 0.695. The zero-order valence-electron chi connectivity index (χ0n) is 24.9. The van der Waals surface area contributed by atoms with Gasteiger partial charge in [0.2, 0.25) is 0 Å². The predicted molar refractivity (Wildman–Crippen MR) is 158 cm³/mol. The van der Waals surface area contributed by atoms with Crippen molar-refractivity contribution in [3.05, 3.63) is 94.1 Å². The van der Waals surface area contributed by atoms with Gasteiger partial charge < -0.3 is 9.80 Å². The summed E-state index contributed by atoms with van der Waals surface area (Å²) in [5.74, 6) is 0. The Kier molecular flexibility index (Phi) is 7.51. The molecule has 0 atom stereocenters. The van der Waals surface area contributed by atoms with Crippen LogP contribution in [0.3, 0.4) is 0 Å². The first-order valence-electron chi connectivity index (χ1n) is 13.6. The average molecular weight is 541 g/mol.